The van der Waals surface area contributed by atoms with Crippen LogP contribution < -0.4 is 21.6 Å². The molecule has 4 rings (SSSR count). The Morgan fingerprint density at radius 1 is 1.17 bits per heavy atom. The normalized spacial score (nSPS) is 18.8. The zero-order chi connectivity index (χ0) is 25.7. The Bertz CT molecular complexity index is 1250. The van der Waals surface area contributed by atoms with Crippen molar-refractivity contribution in [3.63, 3.8) is 0 Å². The first kappa shape index (κ1) is 25.0. The van der Waals surface area contributed by atoms with E-state index >= 15 is 0 Å². The van der Waals surface area contributed by atoms with Crippen LogP contribution in [-0.4, -0.2) is 58.1 Å². The highest BCUT2D eigenvalue weighted by Crippen LogP contribution is 2.31. The molecule has 13 heteroatoms. The van der Waals surface area contributed by atoms with E-state index in [1.165, 1.54) is 23.1 Å². The lowest BCUT2D eigenvalue weighted by molar-refractivity contribution is -0.147. The van der Waals surface area contributed by atoms with Crippen molar-refractivity contribution >= 4 is 69.7 Å². The molecule has 172 valence electrons. The molecular weight excluding hydrogens is 476 g/mol. The molecule has 0 spiro atoms. The van der Waals surface area contributed by atoms with Crippen LogP contribution in [0.25, 0.3) is 0 Å². The number of nitrogens with zero attached hydrogens (tertiary/aromatic N) is 1. The lowest BCUT2D eigenvalue weighted by Gasteiger charge is -2.29. The molecule has 35 heavy (non-hydrogen) atoms. The fourth-order valence-corrected chi connectivity index (χ4v) is 4.19. The van der Waals surface area contributed by atoms with Crippen LogP contribution >= 0.6 is 11.6 Å². The van der Waals surface area contributed by atoms with Crippen molar-refractivity contribution in [1.29, 1.82) is 0 Å². The second-order valence-corrected chi connectivity index (χ2v) is 8.69. The molecule has 2 aliphatic heterocycles. The van der Waals surface area contributed by atoms with Crippen molar-refractivity contribution in [3.8, 4) is 0 Å². The lowest BCUT2D eigenvalue weighted by Crippen LogP contribution is -2.52. The summed E-state index contributed by atoms with van der Waals surface area (Å²) in [4.78, 5) is 50.1. The third-order valence-corrected chi connectivity index (χ3v) is 6.41. The first-order chi connectivity index (χ1) is 16.4. The molecule has 2 aliphatic rings. The number of halogens is 3. The van der Waals surface area contributed by atoms with Crippen LogP contribution in [0.5, 0.6) is 0 Å². The molecule has 2 atom stereocenters. The van der Waals surface area contributed by atoms with Gasteiger partial charge in [-0.25, -0.2) is 0 Å². The van der Waals surface area contributed by atoms with E-state index in [1.54, 1.807) is 0 Å². The summed E-state index contributed by atoms with van der Waals surface area (Å²) in [7, 11) is 17.1. The summed E-state index contributed by atoms with van der Waals surface area (Å²) in [5.74, 6) is -8.39. The number of alkyl halides is 2. The van der Waals surface area contributed by atoms with Gasteiger partial charge in [0.1, 0.15) is 29.6 Å². The van der Waals surface area contributed by atoms with Gasteiger partial charge in [-0.05, 0) is 23.6 Å². The van der Waals surface area contributed by atoms with Gasteiger partial charge in [-0.3, -0.25) is 24.5 Å². The molecular formula is C22H15B3ClF2N3O4. The van der Waals surface area contributed by atoms with Gasteiger partial charge < -0.3 is 10.2 Å². The Hall–Kier alpha value is -3.14. The molecule has 1 fully saturated rings. The second-order valence-electron chi connectivity index (χ2n) is 8.31. The maximum Gasteiger partial charge on any atom is 0.349 e. The van der Waals surface area contributed by atoms with Crippen molar-refractivity contribution < 1.29 is 28.0 Å². The minimum Gasteiger partial charge on any atom is -0.352 e. The Morgan fingerprint density at radius 2 is 1.83 bits per heavy atom. The fraction of sp³-hybridized carbons (Fsp3) is 0.273. The van der Waals surface area contributed by atoms with Gasteiger partial charge in [0.05, 0.1) is 0 Å². The van der Waals surface area contributed by atoms with Gasteiger partial charge >= 0.3 is 5.92 Å². The van der Waals surface area contributed by atoms with Crippen molar-refractivity contribution in [2.45, 2.75) is 37.3 Å². The molecule has 2 unspecified atom stereocenters. The number of imide groups is 1. The van der Waals surface area contributed by atoms with Crippen molar-refractivity contribution in [2.75, 3.05) is 0 Å². The highest BCUT2D eigenvalue weighted by molar-refractivity contribution is 6.52. The van der Waals surface area contributed by atoms with E-state index in [0.717, 1.165) is 12.1 Å². The summed E-state index contributed by atoms with van der Waals surface area (Å²) in [6.07, 6.45) is 0.305. The smallest absolute Gasteiger partial charge is 0.349 e. The molecule has 2 heterocycles. The van der Waals surface area contributed by atoms with Gasteiger partial charge in [-0.15, -0.1) is 0 Å². The molecule has 2 aromatic carbocycles. The number of benzene rings is 2. The lowest BCUT2D eigenvalue weighted by atomic mass is 9.83. The number of hydrogen-bond acceptors (Lipinski definition) is 4. The quantitative estimate of drug-likeness (QED) is 0.446. The molecule has 2 N–H and O–H groups in total. The number of carbonyl (C=O) groups is 4. The minimum atomic E-state index is -4.01. The molecule has 0 aromatic heterocycles. The molecule has 1 saturated heterocycles. The highest BCUT2D eigenvalue weighted by Gasteiger charge is 2.42. The molecule has 0 saturated carbocycles. The van der Waals surface area contributed by atoms with Gasteiger partial charge in [-0.1, -0.05) is 46.8 Å². The molecule has 4 amide bonds. The standard InChI is InChI=1S/C22H15B3ClF2N3O4/c23-13-6-11(7-14(24)17(13)26)22(27,28)21(35)30-18(25)9-1-2-12-10(5-9)8-31(20(12)34)15-3-4-16(32)29-19(15)33/h1-2,5-7,15,18H,3-4,8H2,(H,30,35)(H,29,32,33). The third kappa shape index (κ3) is 4.59. The SMILES string of the molecule is [B]c1cc(C(F)(F)C(=O)NC([B])c2ccc3c(c2)CN(C2CCC(=O)NC2=O)C3=O)cc([B])c1Cl. The summed E-state index contributed by atoms with van der Waals surface area (Å²) in [6, 6.07) is 5.28. The molecule has 2 aromatic rings. The van der Waals surface area contributed by atoms with Crippen LogP contribution in [0.15, 0.2) is 30.3 Å². The van der Waals surface area contributed by atoms with Crippen LogP contribution in [0.2, 0.25) is 5.02 Å². The first-order valence-corrected chi connectivity index (χ1v) is 10.8. The van der Waals surface area contributed by atoms with Crippen molar-refractivity contribution in [3.05, 3.63) is 57.6 Å². The van der Waals surface area contributed by atoms with E-state index in [9.17, 15) is 28.0 Å². The highest BCUT2D eigenvalue weighted by atomic mass is 35.5. The van der Waals surface area contributed by atoms with Gasteiger partial charge in [0, 0.05) is 35.1 Å². The maximum absolute atomic E-state index is 14.8. The first-order valence-electron chi connectivity index (χ1n) is 10.5. The Kier molecular flexibility index (Phi) is 6.53. The van der Waals surface area contributed by atoms with Crippen LogP contribution in [0, 0.1) is 0 Å². The Labute approximate surface area is 208 Å². The summed E-state index contributed by atoms with van der Waals surface area (Å²) < 4.78 is 29.5. The zero-order valence-corrected chi connectivity index (χ0v) is 18.9. The van der Waals surface area contributed by atoms with Crippen molar-refractivity contribution in [2.24, 2.45) is 0 Å². The molecule has 7 nitrogen and oxygen atoms in total. The van der Waals surface area contributed by atoms with E-state index in [4.69, 9.17) is 35.1 Å². The van der Waals surface area contributed by atoms with Crippen molar-refractivity contribution in [1.82, 2.24) is 15.5 Å². The number of amides is 4. The Morgan fingerprint density at radius 3 is 2.46 bits per heavy atom. The number of piperidine rings is 1. The summed E-state index contributed by atoms with van der Waals surface area (Å²) in [5.41, 5.74) is -0.0760. The summed E-state index contributed by atoms with van der Waals surface area (Å²) in [5, 5.41) is 4.16. The predicted octanol–water partition coefficient (Wildman–Crippen LogP) is -0.236. The topological polar surface area (TPSA) is 95.6 Å². The fourth-order valence-electron chi connectivity index (χ4n) is 4.09. The number of rotatable bonds is 5. The maximum atomic E-state index is 14.8. The largest absolute Gasteiger partial charge is 0.352 e. The van der Waals surface area contributed by atoms with E-state index < -0.39 is 47.1 Å². The summed E-state index contributed by atoms with van der Waals surface area (Å²) >= 11 is 5.79. The van der Waals surface area contributed by atoms with E-state index in [-0.39, 0.29) is 40.9 Å². The average molecular weight is 491 g/mol. The van der Waals surface area contributed by atoms with Crippen LogP contribution in [0.3, 0.4) is 0 Å². The monoisotopic (exact) mass is 491 g/mol. The predicted molar refractivity (Wildman–Crippen MR) is 125 cm³/mol. The van der Waals surface area contributed by atoms with Gasteiger partial charge in [0.15, 0.2) is 0 Å². The zero-order valence-electron chi connectivity index (χ0n) is 18.1. The summed E-state index contributed by atoms with van der Waals surface area (Å²) in [6.45, 7) is 0.0639. The second kappa shape index (κ2) is 9.15. The number of carbonyl (C=O) groups excluding carboxylic acids is 4. The van der Waals surface area contributed by atoms with Gasteiger partial charge in [0.2, 0.25) is 11.8 Å². The number of fused-ring (bicyclic) bond motifs is 1. The number of nitrogens with one attached hydrogen (secondary N) is 2. The van der Waals surface area contributed by atoms with E-state index in [0.29, 0.717) is 11.1 Å². The molecule has 6 radical (unpaired) electrons. The van der Waals surface area contributed by atoms with E-state index in [1.807, 2.05) is 0 Å². The average Bonchev–Trinajstić information content (AvgIpc) is 3.12. The number of hydrogen-bond donors (Lipinski definition) is 2. The van der Waals surface area contributed by atoms with Crippen LogP contribution in [0.4, 0.5) is 8.78 Å². The Balaban J connectivity index is 1.50. The van der Waals surface area contributed by atoms with Crippen LogP contribution in [-0.2, 0) is 26.9 Å². The third-order valence-electron chi connectivity index (χ3n) is 5.97. The minimum absolute atomic E-state index is 0.0639. The molecule has 0 bridgehead atoms. The van der Waals surface area contributed by atoms with Gasteiger partial charge in [-0.2, -0.15) is 8.78 Å². The van der Waals surface area contributed by atoms with E-state index in [2.05, 4.69) is 10.6 Å². The van der Waals surface area contributed by atoms with Crippen LogP contribution in [0.1, 0.15) is 45.8 Å². The molecule has 0 aliphatic carbocycles. The van der Waals surface area contributed by atoms with Gasteiger partial charge in [0.25, 0.3) is 11.8 Å².